The Morgan fingerprint density at radius 2 is 2.12 bits per heavy atom. The molecule has 0 bridgehead atoms. The summed E-state index contributed by atoms with van der Waals surface area (Å²) in [5.74, 6) is 0.700. The number of aryl methyl sites for hydroxylation is 2. The molecule has 1 aliphatic rings. The van der Waals surface area contributed by atoms with Crippen molar-refractivity contribution in [2.24, 2.45) is 5.92 Å². The second kappa shape index (κ2) is 7.03. The molecule has 0 radical (unpaired) electrons. The van der Waals surface area contributed by atoms with Gasteiger partial charge in [0, 0.05) is 11.8 Å². The highest BCUT2D eigenvalue weighted by molar-refractivity contribution is 5.93. The molecule has 6 heteroatoms. The molecule has 6 nitrogen and oxygen atoms in total. The molecule has 24 heavy (non-hydrogen) atoms. The van der Waals surface area contributed by atoms with Gasteiger partial charge in [0.25, 0.3) is 11.5 Å². The molecule has 2 N–H and O–H groups in total. The molecule has 0 atom stereocenters. The zero-order valence-corrected chi connectivity index (χ0v) is 14.1. The highest BCUT2D eigenvalue weighted by atomic mass is 16.5. The Labute approximate surface area is 140 Å². The summed E-state index contributed by atoms with van der Waals surface area (Å²) in [6.07, 6.45) is 4.80. The van der Waals surface area contributed by atoms with E-state index in [0.717, 1.165) is 49.1 Å². The van der Waals surface area contributed by atoms with Gasteiger partial charge in [-0.25, -0.2) is 0 Å². The molecule has 2 aromatic heterocycles. The Bertz CT molecular complexity index is 789. The van der Waals surface area contributed by atoms with E-state index in [1.807, 2.05) is 6.07 Å². The molecule has 0 aromatic carbocycles. The lowest BCUT2D eigenvalue weighted by molar-refractivity contribution is 0.0945. The Balaban J connectivity index is 1.67. The third-order valence-corrected chi connectivity index (χ3v) is 4.23. The molecule has 2 aromatic rings. The van der Waals surface area contributed by atoms with Crippen molar-refractivity contribution in [1.82, 2.24) is 15.5 Å². The van der Waals surface area contributed by atoms with Crippen LogP contribution in [0.4, 0.5) is 0 Å². The van der Waals surface area contributed by atoms with E-state index in [0.29, 0.717) is 11.7 Å². The standard InChI is InChI=1S/C18H23N3O3/c1-11(2)7-13-9-14(24-21-13)10-19-17(22)15-8-12-5-3-4-6-16(12)20-18(15)23/h8-9,11H,3-7,10H2,1-2H3,(H,19,22)(H,20,23). The van der Waals surface area contributed by atoms with Crippen molar-refractivity contribution >= 4 is 5.91 Å². The van der Waals surface area contributed by atoms with Crippen molar-refractivity contribution in [3.05, 3.63) is 50.8 Å². The average molecular weight is 329 g/mol. The Hall–Kier alpha value is -2.37. The fourth-order valence-corrected chi connectivity index (χ4v) is 3.06. The minimum Gasteiger partial charge on any atom is -0.359 e. The second-order valence-electron chi connectivity index (χ2n) is 6.79. The number of rotatable bonds is 5. The van der Waals surface area contributed by atoms with Gasteiger partial charge in [0.05, 0.1) is 12.2 Å². The van der Waals surface area contributed by atoms with Crippen molar-refractivity contribution in [3.63, 3.8) is 0 Å². The first-order valence-corrected chi connectivity index (χ1v) is 8.50. The van der Waals surface area contributed by atoms with Gasteiger partial charge < -0.3 is 14.8 Å². The summed E-state index contributed by atoms with van der Waals surface area (Å²) in [4.78, 5) is 27.3. The number of aromatic amines is 1. The molecule has 1 amide bonds. The van der Waals surface area contributed by atoms with Crippen LogP contribution in [0.15, 0.2) is 21.5 Å². The fraction of sp³-hybridized carbons (Fsp3) is 0.500. The number of hydrogen-bond donors (Lipinski definition) is 2. The maximum Gasteiger partial charge on any atom is 0.261 e. The first-order valence-electron chi connectivity index (χ1n) is 8.50. The van der Waals surface area contributed by atoms with Gasteiger partial charge in [0.2, 0.25) is 0 Å². The first-order chi connectivity index (χ1) is 11.5. The van der Waals surface area contributed by atoms with Crippen LogP contribution in [0.5, 0.6) is 0 Å². The van der Waals surface area contributed by atoms with Crippen LogP contribution < -0.4 is 10.9 Å². The van der Waals surface area contributed by atoms with Crippen LogP contribution >= 0.6 is 0 Å². The topological polar surface area (TPSA) is 88.0 Å². The van der Waals surface area contributed by atoms with Crippen LogP contribution in [0.2, 0.25) is 0 Å². The van der Waals surface area contributed by atoms with Crippen molar-refractivity contribution in [2.45, 2.75) is 52.5 Å². The molecule has 0 fully saturated rings. The highest BCUT2D eigenvalue weighted by Gasteiger charge is 2.17. The fourth-order valence-electron chi connectivity index (χ4n) is 3.06. The minimum atomic E-state index is -0.383. The molecule has 0 spiro atoms. The molecule has 0 saturated carbocycles. The summed E-state index contributed by atoms with van der Waals surface area (Å²) in [7, 11) is 0. The molecule has 3 rings (SSSR count). The molecule has 0 saturated heterocycles. The van der Waals surface area contributed by atoms with E-state index in [-0.39, 0.29) is 23.6 Å². The number of aromatic nitrogens is 2. The van der Waals surface area contributed by atoms with E-state index in [2.05, 4.69) is 29.3 Å². The van der Waals surface area contributed by atoms with Crippen LogP contribution in [0.25, 0.3) is 0 Å². The molecule has 1 aliphatic carbocycles. The first kappa shape index (κ1) is 16.5. The monoisotopic (exact) mass is 329 g/mol. The summed E-state index contributed by atoms with van der Waals surface area (Å²) < 4.78 is 5.22. The van der Waals surface area contributed by atoms with Gasteiger partial charge in [-0.2, -0.15) is 0 Å². The van der Waals surface area contributed by atoms with E-state index in [1.54, 1.807) is 6.07 Å². The number of pyridine rings is 1. The number of H-pyrrole nitrogens is 1. The van der Waals surface area contributed by atoms with Crippen molar-refractivity contribution in [3.8, 4) is 0 Å². The number of fused-ring (bicyclic) bond motifs is 1. The lowest BCUT2D eigenvalue weighted by Gasteiger charge is -2.15. The number of amides is 1. The maximum atomic E-state index is 12.3. The SMILES string of the molecule is CC(C)Cc1cc(CNC(=O)c2cc3c([nH]c2=O)CCCC3)on1. The van der Waals surface area contributed by atoms with Gasteiger partial charge in [-0.05, 0) is 49.7 Å². The maximum absolute atomic E-state index is 12.3. The van der Waals surface area contributed by atoms with Gasteiger partial charge in [0.15, 0.2) is 5.76 Å². The van der Waals surface area contributed by atoms with Crippen molar-refractivity contribution < 1.29 is 9.32 Å². The average Bonchev–Trinajstić information content (AvgIpc) is 2.98. The zero-order valence-electron chi connectivity index (χ0n) is 14.1. The Morgan fingerprint density at radius 3 is 2.92 bits per heavy atom. The third kappa shape index (κ3) is 3.75. The lowest BCUT2D eigenvalue weighted by atomic mass is 9.95. The van der Waals surface area contributed by atoms with Crippen LogP contribution in [0.3, 0.4) is 0 Å². The summed E-state index contributed by atoms with van der Waals surface area (Å²) in [6.45, 7) is 4.44. The quantitative estimate of drug-likeness (QED) is 0.881. The summed E-state index contributed by atoms with van der Waals surface area (Å²) in [6, 6.07) is 3.57. The molecule has 0 aliphatic heterocycles. The minimum absolute atomic E-state index is 0.164. The van der Waals surface area contributed by atoms with Crippen molar-refractivity contribution in [2.75, 3.05) is 0 Å². The number of hydrogen-bond acceptors (Lipinski definition) is 4. The molecular formula is C18H23N3O3. The molecule has 2 heterocycles. The van der Waals surface area contributed by atoms with Crippen LogP contribution in [-0.2, 0) is 25.8 Å². The van der Waals surface area contributed by atoms with Gasteiger partial charge in [-0.15, -0.1) is 0 Å². The smallest absolute Gasteiger partial charge is 0.261 e. The number of nitrogens with one attached hydrogen (secondary N) is 2. The van der Waals surface area contributed by atoms with Crippen LogP contribution in [0, 0.1) is 5.92 Å². The van der Waals surface area contributed by atoms with E-state index in [1.165, 1.54) is 0 Å². The predicted octanol–water partition coefficient (Wildman–Crippen LogP) is 2.37. The van der Waals surface area contributed by atoms with Crippen LogP contribution in [0.1, 0.15) is 59.8 Å². The lowest BCUT2D eigenvalue weighted by Crippen LogP contribution is -2.30. The van der Waals surface area contributed by atoms with Gasteiger partial charge >= 0.3 is 0 Å². The number of carbonyl (C=O) groups is 1. The van der Waals surface area contributed by atoms with E-state index in [4.69, 9.17) is 4.52 Å². The van der Waals surface area contributed by atoms with Crippen LogP contribution in [-0.4, -0.2) is 16.0 Å². The predicted molar refractivity (Wildman–Crippen MR) is 89.9 cm³/mol. The molecule has 0 unspecified atom stereocenters. The van der Waals surface area contributed by atoms with Gasteiger partial charge in [0.1, 0.15) is 5.56 Å². The third-order valence-electron chi connectivity index (χ3n) is 4.23. The summed E-state index contributed by atoms with van der Waals surface area (Å²) in [5.41, 5.74) is 2.76. The van der Waals surface area contributed by atoms with Gasteiger partial charge in [-0.1, -0.05) is 19.0 Å². The number of nitrogens with zero attached hydrogens (tertiary/aromatic N) is 1. The Morgan fingerprint density at radius 1 is 1.33 bits per heavy atom. The molecular weight excluding hydrogens is 306 g/mol. The normalized spacial score (nSPS) is 13.8. The number of carbonyl (C=O) groups excluding carboxylic acids is 1. The van der Waals surface area contributed by atoms with Gasteiger partial charge in [-0.3, -0.25) is 9.59 Å². The second-order valence-corrected chi connectivity index (χ2v) is 6.79. The Kier molecular flexibility index (Phi) is 4.83. The van der Waals surface area contributed by atoms with E-state index >= 15 is 0 Å². The van der Waals surface area contributed by atoms with E-state index < -0.39 is 0 Å². The zero-order chi connectivity index (χ0) is 17.1. The van der Waals surface area contributed by atoms with Crippen molar-refractivity contribution in [1.29, 1.82) is 0 Å². The molecule has 128 valence electrons. The van der Waals surface area contributed by atoms with E-state index in [9.17, 15) is 9.59 Å². The summed E-state index contributed by atoms with van der Waals surface area (Å²) in [5, 5.41) is 6.72. The largest absolute Gasteiger partial charge is 0.359 e. The summed E-state index contributed by atoms with van der Waals surface area (Å²) >= 11 is 0. The highest BCUT2D eigenvalue weighted by Crippen LogP contribution is 2.18.